The van der Waals surface area contributed by atoms with Crippen LogP contribution in [0.5, 0.6) is 0 Å². The number of aliphatic hydroxyl groups is 1. The molecular weight excluding hydrogens is 164 g/mol. The summed E-state index contributed by atoms with van der Waals surface area (Å²) in [5.74, 6) is 0.830. The van der Waals surface area contributed by atoms with Crippen LogP contribution < -0.4 is 0 Å². The molecule has 1 atom stereocenters. The molecule has 0 amide bonds. The fourth-order valence-corrected chi connectivity index (χ4v) is 0.999. The highest BCUT2D eigenvalue weighted by molar-refractivity contribution is 6.28. The molecule has 0 unspecified atom stereocenters. The Bertz CT molecular complexity index is 218. The summed E-state index contributed by atoms with van der Waals surface area (Å²) in [6.45, 7) is 1.75. The van der Waals surface area contributed by atoms with Gasteiger partial charge in [-0.05, 0) is 37.1 Å². The van der Waals surface area contributed by atoms with Gasteiger partial charge in [-0.1, -0.05) is 0 Å². The fourth-order valence-electron chi connectivity index (χ4n) is 0.837. The molecule has 1 N–H and O–H groups in total. The molecule has 0 saturated heterocycles. The zero-order valence-corrected chi connectivity index (χ0v) is 7.14. The van der Waals surface area contributed by atoms with E-state index in [1.54, 1.807) is 13.0 Å². The van der Waals surface area contributed by atoms with E-state index >= 15 is 0 Å². The molecule has 1 rings (SSSR count). The lowest BCUT2D eigenvalue weighted by molar-refractivity contribution is 0.182. The Hall–Kier alpha value is -0.470. The Morgan fingerprint density at radius 1 is 1.64 bits per heavy atom. The lowest BCUT2D eigenvalue weighted by atomic mass is 10.2. The highest BCUT2D eigenvalue weighted by Gasteiger charge is 2.01. The first-order valence-corrected chi connectivity index (χ1v) is 3.98. The number of hydrogen-bond acceptors (Lipinski definition) is 2. The van der Waals surface area contributed by atoms with E-state index in [1.807, 2.05) is 6.07 Å². The molecule has 1 aromatic rings. The van der Waals surface area contributed by atoms with Crippen LogP contribution in [0.2, 0.25) is 5.22 Å². The molecule has 0 aromatic carbocycles. The van der Waals surface area contributed by atoms with Gasteiger partial charge in [0.05, 0.1) is 6.10 Å². The number of aryl methyl sites for hydroxylation is 1. The van der Waals surface area contributed by atoms with Crippen molar-refractivity contribution in [3.05, 3.63) is 23.1 Å². The molecule has 0 fully saturated rings. The molecule has 1 aromatic heterocycles. The Morgan fingerprint density at radius 2 is 2.36 bits per heavy atom. The van der Waals surface area contributed by atoms with Gasteiger partial charge in [-0.25, -0.2) is 0 Å². The average molecular weight is 175 g/mol. The molecule has 0 aliphatic rings. The van der Waals surface area contributed by atoms with Crippen molar-refractivity contribution in [1.82, 2.24) is 0 Å². The molecule has 0 saturated carbocycles. The first-order valence-electron chi connectivity index (χ1n) is 3.61. The first-order chi connectivity index (χ1) is 5.18. The van der Waals surface area contributed by atoms with Crippen molar-refractivity contribution in [3.8, 4) is 0 Å². The molecule has 3 heteroatoms. The van der Waals surface area contributed by atoms with Gasteiger partial charge in [0.1, 0.15) is 5.76 Å². The van der Waals surface area contributed by atoms with Crippen molar-refractivity contribution in [3.63, 3.8) is 0 Å². The van der Waals surface area contributed by atoms with Crippen LogP contribution in [0, 0.1) is 0 Å². The van der Waals surface area contributed by atoms with Crippen LogP contribution in [0.3, 0.4) is 0 Å². The Morgan fingerprint density at radius 3 is 2.82 bits per heavy atom. The van der Waals surface area contributed by atoms with Gasteiger partial charge in [-0.15, -0.1) is 0 Å². The number of halogens is 1. The van der Waals surface area contributed by atoms with E-state index in [-0.39, 0.29) is 6.10 Å². The quantitative estimate of drug-likeness (QED) is 0.763. The molecular formula is C8H11ClO2. The van der Waals surface area contributed by atoms with Gasteiger partial charge in [0.15, 0.2) is 5.22 Å². The second-order valence-corrected chi connectivity index (χ2v) is 2.97. The Labute approximate surface area is 70.8 Å². The Balaban J connectivity index is 2.39. The van der Waals surface area contributed by atoms with E-state index < -0.39 is 0 Å². The van der Waals surface area contributed by atoms with Gasteiger partial charge in [-0.2, -0.15) is 0 Å². The van der Waals surface area contributed by atoms with Crippen molar-refractivity contribution >= 4 is 11.6 Å². The van der Waals surface area contributed by atoms with E-state index in [9.17, 15) is 0 Å². The highest BCUT2D eigenvalue weighted by Crippen LogP contribution is 2.14. The van der Waals surface area contributed by atoms with Crippen LogP contribution in [-0.4, -0.2) is 11.2 Å². The minimum atomic E-state index is -0.279. The van der Waals surface area contributed by atoms with E-state index in [2.05, 4.69) is 0 Å². The summed E-state index contributed by atoms with van der Waals surface area (Å²) < 4.78 is 5.09. The largest absolute Gasteiger partial charge is 0.450 e. The van der Waals surface area contributed by atoms with E-state index in [0.717, 1.165) is 12.2 Å². The van der Waals surface area contributed by atoms with Crippen molar-refractivity contribution < 1.29 is 9.52 Å². The summed E-state index contributed by atoms with van der Waals surface area (Å²) in [7, 11) is 0. The topological polar surface area (TPSA) is 33.4 Å². The lowest BCUT2D eigenvalue weighted by Crippen LogP contribution is -2.00. The average Bonchev–Trinajstić information content (AvgIpc) is 2.31. The normalized spacial score (nSPS) is 13.4. The van der Waals surface area contributed by atoms with Crippen LogP contribution in [0.15, 0.2) is 16.5 Å². The van der Waals surface area contributed by atoms with Crippen LogP contribution >= 0.6 is 11.6 Å². The third-order valence-corrected chi connectivity index (χ3v) is 1.64. The van der Waals surface area contributed by atoms with Gasteiger partial charge in [-0.3, -0.25) is 0 Å². The molecule has 2 nitrogen and oxygen atoms in total. The minimum Gasteiger partial charge on any atom is -0.450 e. The number of rotatable bonds is 3. The van der Waals surface area contributed by atoms with E-state index in [0.29, 0.717) is 11.6 Å². The molecule has 11 heavy (non-hydrogen) atoms. The van der Waals surface area contributed by atoms with Gasteiger partial charge in [0, 0.05) is 6.42 Å². The monoisotopic (exact) mass is 174 g/mol. The number of furan rings is 1. The number of aliphatic hydroxyl groups excluding tert-OH is 1. The van der Waals surface area contributed by atoms with Crippen LogP contribution in [0.4, 0.5) is 0 Å². The second kappa shape index (κ2) is 3.79. The van der Waals surface area contributed by atoms with Crippen LogP contribution in [0.1, 0.15) is 19.1 Å². The van der Waals surface area contributed by atoms with Crippen molar-refractivity contribution in [2.24, 2.45) is 0 Å². The third-order valence-electron chi connectivity index (χ3n) is 1.44. The summed E-state index contributed by atoms with van der Waals surface area (Å²) in [6, 6.07) is 3.53. The molecule has 0 aliphatic heterocycles. The maximum Gasteiger partial charge on any atom is 0.193 e. The fraction of sp³-hybridized carbons (Fsp3) is 0.500. The van der Waals surface area contributed by atoms with Gasteiger partial charge < -0.3 is 9.52 Å². The first kappa shape index (κ1) is 8.62. The van der Waals surface area contributed by atoms with Crippen molar-refractivity contribution in [2.75, 3.05) is 0 Å². The van der Waals surface area contributed by atoms with Gasteiger partial charge >= 0.3 is 0 Å². The summed E-state index contributed by atoms with van der Waals surface area (Å²) in [5, 5.41) is 9.35. The van der Waals surface area contributed by atoms with Gasteiger partial charge in [0.2, 0.25) is 0 Å². The van der Waals surface area contributed by atoms with Crippen LogP contribution in [0.25, 0.3) is 0 Å². The SMILES string of the molecule is C[C@@H](O)CCc1ccc(Cl)o1. The van der Waals surface area contributed by atoms with Crippen molar-refractivity contribution in [2.45, 2.75) is 25.9 Å². The Kier molecular flexibility index (Phi) is 2.97. The molecule has 1 heterocycles. The van der Waals surface area contributed by atoms with E-state index in [4.69, 9.17) is 21.1 Å². The maximum atomic E-state index is 8.95. The molecule has 0 spiro atoms. The maximum absolute atomic E-state index is 8.95. The standard InChI is InChI=1S/C8H11ClO2/c1-6(10)2-3-7-4-5-8(9)11-7/h4-6,10H,2-3H2,1H3/t6-/m1/s1. The number of hydrogen-bond donors (Lipinski definition) is 1. The summed E-state index contributed by atoms with van der Waals surface area (Å²) >= 11 is 5.55. The van der Waals surface area contributed by atoms with Crippen LogP contribution in [-0.2, 0) is 6.42 Å². The summed E-state index contributed by atoms with van der Waals surface area (Å²) in [4.78, 5) is 0. The zero-order valence-electron chi connectivity index (χ0n) is 6.38. The molecule has 0 aliphatic carbocycles. The molecule has 0 radical (unpaired) electrons. The van der Waals surface area contributed by atoms with Crippen molar-refractivity contribution in [1.29, 1.82) is 0 Å². The highest BCUT2D eigenvalue weighted by atomic mass is 35.5. The molecule has 0 bridgehead atoms. The smallest absolute Gasteiger partial charge is 0.193 e. The molecule has 62 valence electrons. The predicted molar refractivity (Wildman–Crippen MR) is 43.7 cm³/mol. The third kappa shape index (κ3) is 2.95. The minimum absolute atomic E-state index is 0.279. The summed E-state index contributed by atoms with van der Waals surface area (Å²) in [6.07, 6.45) is 1.17. The summed E-state index contributed by atoms with van der Waals surface area (Å²) in [5.41, 5.74) is 0. The predicted octanol–water partition coefficient (Wildman–Crippen LogP) is 2.25. The van der Waals surface area contributed by atoms with Gasteiger partial charge in [0.25, 0.3) is 0 Å². The van der Waals surface area contributed by atoms with E-state index in [1.165, 1.54) is 0 Å². The second-order valence-electron chi connectivity index (χ2n) is 2.59. The lowest BCUT2D eigenvalue weighted by Gasteiger charge is -1.99. The zero-order chi connectivity index (χ0) is 8.27.